The Balaban J connectivity index is 1.63. The minimum absolute atomic E-state index is 0.321. The maximum atomic E-state index is 6.43. The number of halogens is 1. The quantitative estimate of drug-likeness (QED) is 0.459. The summed E-state index contributed by atoms with van der Waals surface area (Å²) in [5.41, 5.74) is 15.7. The lowest BCUT2D eigenvalue weighted by atomic mass is 10.1. The highest BCUT2D eigenvalue weighted by atomic mass is 35.5. The predicted molar refractivity (Wildman–Crippen MR) is 119 cm³/mol. The van der Waals surface area contributed by atoms with E-state index in [1.807, 2.05) is 31.2 Å². The van der Waals surface area contributed by atoms with Gasteiger partial charge in [0.15, 0.2) is 5.82 Å². The molecule has 152 valence electrons. The second kappa shape index (κ2) is 8.04. The molecule has 0 aliphatic heterocycles. The molecule has 0 bridgehead atoms. The Bertz CT molecular complexity index is 1250. The Labute approximate surface area is 178 Å². The van der Waals surface area contributed by atoms with Crippen LogP contribution in [0, 0.1) is 6.92 Å². The van der Waals surface area contributed by atoms with Crippen LogP contribution in [-0.2, 0) is 6.61 Å². The topological polar surface area (TPSA) is 109 Å². The molecule has 0 unspecified atom stereocenters. The average molecular weight is 422 g/mol. The lowest BCUT2D eigenvalue weighted by Gasteiger charge is -2.11. The number of pyridine rings is 1. The van der Waals surface area contributed by atoms with Crippen LogP contribution in [0.25, 0.3) is 22.3 Å². The highest BCUT2D eigenvalue weighted by Crippen LogP contribution is 2.33. The van der Waals surface area contributed by atoms with Gasteiger partial charge in [-0.05, 0) is 43.3 Å². The summed E-state index contributed by atoms with van der Waals surface area (Å²) < 4.78 is 11.1. The van der Waals surface area contributed by atoms with Crippen LogP contribution in [0.2, 0.25) is 5.02 Å². The molecule has 4 rings (SSSR count). The number of nitrogens with two attached hydrogens (primary N) is 2. The zero-order chi connectivity index (χ0) is 21.3. The molecule has 0 fully saturated rings. The number of nitrogen functional groups attached to an aromatic ring is 2. The first-order chi connectivity index (χ1) is 14.4. The van der Waals surface area contributed by atoms with E-state index in [4.69, 9.17) is 32.5 Å². The lowest BCUT2D eigenvalue weighted by Crippen LogP contribution is -2.01. The first-order valence-corrected chi connectivity index (χ1v) is 9.58. The molecule has 4 N–H and O–H groups in total. The Kier molecular flexibility index (Phi) is 5.29. The van der Waals surface area contributed by atoms with Crippen molar-refractivity contribution in [1.82, 2.24) is 15.0 Å². The Morgan fingerprint density at radius 2 is 1.80 bits per heavy atom. The van der Waals surface area contributed by atoms with Crippen molar-refractivity contribution >= 4 is 34.0 Å². The van der Waals surface area contributed by atoms with E-state index in [-0.39, 0.29) is 0 Å². The minimum Gasteiger partial charge on any atom is -0.495 e. The van der Waals surface area contributed by atoms with Gasteiger partial charge in [-0.15, -0.1) is 0 Å². The van der Waals surface area contributed by atoms with Crippen molar-refractivity contribution in [1.29, 1.82) is 0 Å². The van der Waals surface area contributed by atoms with Gasteiger partial charge in [-0.3, -0.25) is 4.98 Å². The van der Waals surface area contributed by atoms with Gasteiger partial charge >= 0.3 is 0 Å². The summed E-state index contributed by atoms with van der Waals surface area (Å²) in [5.74, 6) is 1.84. The van der Waals surface area contributed by atoms with Crippen molar-refractivity contribution in [2.75, 3.05) is 18.6 Å². The van der Waals surface area contributed by atoms with Crippen molar-refractivity contribution < 1.29 is 9.47 Å². The number of hydrogen-bond donors (Lipinski definition) is 2. The number of ether oxygens (including phenoxy) is 2. The van der Waals surface area contributed by atoms with E-state index in [9.17, 15) is 0 Å². The number of aryl methyl sites for hydroxylation is 1. The molecule has 30 heavy (non-hydrogen) atoms. The molecule has 2 aromatic carbocycles. The van der Waals surface area contributed by atoms with Crippen molar-refractivity contribution in [2.45, 2.75) is 13.5 Å². The third-order valence-electron chi connectivity index (χ3n) is 4.59. The molecule has 0 spiro atoms. The van der Waals surface area contributed by atoms with Crippen molar-refractivity contribution in [3.05, 3.63) is 64.9 Å². The van der Waals surface area contributed by atoms with Crippen LogP contribution in [0.4, 0.5) is 11.5 Å². The SMILES string of the molecule is COc1cc2nc(-c3ccc(OCc4cccc(C)n4)c(Cl)c3)nc(N)c2cc1N. The number of fused-ring (bicyclic) bond motifs is 1. The van der Waals surface area contributed by atoms with Crippen LogP contribution >= 0.6 is 11.6 Å². The maximum absolute atomic E-state index is 6.43. The molecule has 0 saturated carbocycles. The molecule has 0 atom stereocenters. The third-order valence-corrected chi connectivity index (χ3v) is 4.88. The zero-order valence-corrected chi connectivity index (χ0v) is 17.3. The first-order valence-electron chi connectivity index (χ1n) is 9.20. The molecule has 2 heterocycles. The van der Waals surface area contributed by atoms with Crippen LogP contribution in [0.5, 0.6) is 11.5 Å². The fourth-order valence-corrected chi connectivity index (χ4v) is 3.33. The molecule has 0 radical (unpaired) electrons. The minimum atomic E-state index is 0.321. The van der Waals surface area contributed by atoms with Gasteiger partial charge < -0.3 is 20.9 Å². The van der Waals surface area contributed by atoms with Crippen LogP contribution in [0.1, 0.15) is 11.4 Å². The number of methoxy groups -OCH3 is 1. The molecule has 4 aromatic rings. The number of hydrogen-bond acceptors (Lipinski definition) is 7. The highest BCUT2D eigenvalue weighted by molar-refractivity contribution is 6.32. The molecule has 7 nitrogen and oxygen atoms in total. The largest absolute Gasteiger partial charge is 0.495 e. The number of benzene rings is 2. The fraction of sp³-hybridized carbons (Fsp3) is 0.136. The average Bonchev–Trinajstić information content (AvgIpc) is 2.73. The number of nitrogens with zero attached hydrogens (tertiary/aromatic N) is 3. The molecular weight excluding hydrogens is 402 g/mol. The van der Waals surface area contributed by atoms with E-state index >= 15 is 0 Å². The molecule has 0 aliphatic carbocycles. The summed E-state index contributed by atoms with van der Waals surface area (Å²) in [4.78, 5) is 13.4. The predicted octanol–water partition coefficient (Wildman–Crippen LogP) is 4.41. The summed E-state index contributed by atoms with van der Waals surface area (Å²) in [6.45, 7) is 2.26. The molecule has 0 amide bonds. The summed E-state index contributed by atoms with van der Waals surface area (Å²) in [7, 11) is 1.55. The van der Waals surface area contributed by atoms with Crippen LogP contribution < -0.4 is 20.9 Å². The van der Waals surface area contributed by atoms with Gasteiger partial charge in [0.1, 0.15) is 23.9 Å². The normalized spacial score (nSPS) is 10.9. The molecule has 0 saturated heterocycles. The second-order valence-electron chi connectivity index (χ2n) is 6.75. The van der Waals surface area contributed by atoms with E-state index in [0.29, 0.717) is 56.9 Å². The Hall–Kier alpha value is -3.58. The van der Waals surface area contributed by atoms with Crippen molar-refractivity contribution in [3.8, 4) is 22.9 Å². The Morgan fingerprint density at radius 1 is 0.967 bits per heavy atom. The number of rotatable bonds is 5. The summed E-state index contributed by atoms with van der Waals surface area (Å²) in [6, 6.07) is 14.6. The van der Waals surface area contributed by atoms with Crippen LogP contribution in [0.3, 0.4) is 0 Å². The number of anilines is 2. The van der Waals surface area contributed by atoms with Crippen molar-refractivity contribution in [3.63, 3.8) is 0 Å². The van der Waals surface area contributed by atoms with Crippen molar-refractivity contribution in [2.24, 2.45) is 0 Å². The fourth-order valence-electron chi connectivity index (χ4n) is 3.09. The molecule has 2 aromatic heterocycles. The second-order valence-corrected chi connectivity index (χ2v) is 7.16. The molecular formula is C22H20ClN5O2. The summed E-state index contributed by atoms with van der Waals surface area (Å²) in [5, 5.41) is 1.10. The van der Waals surface area contributed by atoms with Crippen LogP contribution in [0.15, 0.2) is 48.5 Å². The highest BCUT2D eigenvalue weighted by Gasteiger charge is 2.13. The van der Waals surface area contributed by atoms with Gasteiger partial charge in [-0.25, -0.2) is 9.97 Å². The van der Waals surface area contributed by atoms with E-state index in [1.54, 1.807) is 31.4 Å². The van der Waals surface area contributed by atoms with Gasteiger partial charge in [0.2, 0.25) is 0 Å². The summed E-state index contributed by atoms with van der Waals surface area (Å²) in [6.07, 6.45) is 0. The smallest absolute Gasteiger partial charge is 0.162 e. The van der Waals surface area contributed by atoms with Gasteiger partial charge in [-0.2, -0.15) is 0 Å². The number of aromatic nitrogens is 3. The standard InChI is InChI=1S/C22H20ClN5O2/c1-12-4-3-5-14(26-12)11-30-19-7-6-13(8-16(19)23)22-27-18-10-20(29-2)17(24)9-15(18)21(25)28-22/h3-10H,11,24H2,1-2H3,(H2,25,27,28). The first kappa shape index (κ1) is 19.7. The monoisotopic (exact) mass is 421 g/mol. The summed E-state index contributed by atoms with van der Waals surface area (Å²) >= 11 is 6.43. The Morgan fingerprint density at radius 3 is 2.53 bits per heavy atom. The lowest BCUT2D eigenvalue weighted by molar-refractivity contribution is 0.301. The van der Waals surface area contributed by atoms with Gasteiger partial charge in [0, 0.05) is 22.7 Å². The van der Waals surface area contributed by atoms with E-state index in [0.717, 1.165) is 11.4 Å². The van der Waals surface area contributed by atoms with Gasteiger partial charge in [0.25, 0.3) is 0 Å². The van der Waals surface area contributed by atoms with Crippen LogP contribution in [-0.4, -0.2) is 22.1 Å². The molecule has 8 heteroatoms. The third kappa shape index (κ3) is 3.92. The van der Waals surface area contributed by atoms with Gasteiger partial charge in [-0.1, -0.05) is 17.7 Å². The maximum Gasteiger partial charge on any atom is 0.162 e. The van der Waals surface area contributed by atoms with E-state index in [1.165, 1.54) is 0 Å². The molecule has 0 aliphatic rings. The van der Waals surface area contributed by atoms with E-state index in [2.05, 4.69) is 15.0 Å². The van der Waals surface area contributed by atoms with Gasteiger partial charge in [0.05, 0.1) is 29.0 Å². The zero-order valence-electron chi connectivity index (χ0n) is 16.5. The van der Waals surface area contributed by atoms with E-state index < -0.39 is 0 Å².